The van der Waals surface area contributed by atoms with Crippen molar-refractivity contribution >= 4 is 10.0 Å². The number of rotatable bonds is 6. The van der Waals surface area contributed by atoms with Crippen LogP contribution < -0.4 is 0 Å². The van der Waals surface area contributed by atoms with Gasteiger partial charge in [0.1, 0.15) is 11.1 Å². The molecule has 9 heteroatoms. The van der Waals surface area contributed by atoms with E-state index in [0.717, 1.165) is 11.1 Å². The summed E-state index contributed by atoms with van der Waals surface area (Å²) in [5, 5.41) is 7.57. The molecule has 190 valence electrons. The zero-order valence-corrected chi connectivity index (χ0v) is 21.1. The van der Waals surface area contributed by atoms with Crippen LogP contribution in [0.1, 0.15) is 59.4 Å². The molecule has 0 N–H and O–H groups in total. The molecule has 2 aromatic carbocycles. The second kappa shape index (κ2) is 9.88. The summed E-state index contributed by atoms with van der Waals surface area (Å²) in [4.78, 5) is 0. The normalized spacial score (nSPS) is 23.8. The molecular weight excluding hydrogens is 481 g/mol. The highest BCUT2D eigenvalue weighted by molar-refractivity contribution is 7.89. The molecule has 0 saturated carbocycles. The van der Waals surface area contributed by atoms with E-state index >= 15 is 4.39 Å². The van der Waals surface area contributed by atoms with Gasteiger partial charge in [-0.3, -0.25) is 0 Å². The lowest BCUT2D eigenvalue weighted by Crippen LogP contribution is -2.45. The number of halogens is 1. The summed E-state index contributed by atoms with van der Waals surface area (Å²) in [5.74, 6) is 0.438. The van der Waals surface area contributed by atoms with Crippen LogP contribution in [0.4, 0.5) is 4.39 Å². The Morgan fingerprint density at radius 1 is 1.14 bits per heavy atom. The van der Waals surface area contributed by atoms with E-state index in [1.165, 1.54) is 10.4 Å². The van der Waals surface area contributed by atoms with Crippen LogP contribution in [0.25, 0.3) is 0 Å². The van der Waals surface area contributed by atoms with Crippen LogP contribution >= 0.6 is 0 Å². The fourth-order valence-corrected chi connectivity index (χ4v) is 7.54. The highest BCUT2D eigenvalue weighted by Crippen LogP contribution is 2.42. The summed E-state index contributed by atoms with van der Waals surface area (Å²) >= 11 is 0. The number of aryl methyl sites for hydroxylation is 1. The van der Waals surface area contributed by atoms with Crippen molar-refractivity contribution in [2.75, 3.05) is 13.2 Å². The van der Waals surface area contributed by atoms with Crippen molar-refractivity contribution in [3.05, 3.63) is 95.5 Å². The first-order valence-corrected chi connectivity index (χ1v) is 13.7. The third kappa shape index (κ3) is 4.40. The fourth-order valence-electron chi connectivity index (χ4n) is 5.39. The lowest BCUT2D eigenvalue weighted by atomic mass is 9.74. The van der Waals surface area contributed by atoms with Crippen LogP contribution in [0.3, 0.4) is 0 Å². The molecule has 0 spiro atoms. The molecule has 2 aliphatic rings. The molecule has 2 saturated heterocycles. The van der Waals surface area contributed by atoms with Gasteiger partial charge in [0, 0.05) is 38.3 Å². The van der Waals surface area contributed by atoms with Gasteiger partial charge >= 0.3 is 0 Å². The van der Waals surface area contributed by atoms with Gasteiger partial charge in [0.05, 0.1) is 5.41 Å². The molecule has 2 atom stereocenters. The van der Waals surface area contributed by atoms with Crippen molar-refractivity contribution in [3.63, 3.8) is 0 Å². The highest BCUT2D eigenvalue weighted by atomic mass is 32.2. The van der Waals surface area contributed by atoms with Crippen LogP contribution in [-0.2, 0) is 26.7 Å². The average Bonchev–Trinajstić information content (AvgIpc) is 3.33. The zero-order chi connectivity index (χ0) is 25.3. The largest absolute Gasteiger partial charge is 0.425 e. The van der Waals surface area contributed by atoms with Crippen LogP contribution in [0.15, 0.2) is 65.6 Å². The summed E-state index contributed by atoms with van der Waals surface area (Å²) in [7, 11) is -3.73. The smallest absolute Gasteiger partial charge is 0.227 e. The molecular formula is C27H30FN3O4S. The first-order valence-electron chi connectivity index (χ1n) is 12.2. The maximum atomic E-state index is 15.6. The molecule has 0 radical (unpaired) electrons. The Balaban J connectivity index is 1.47. The Kier molecular flexibility index (Phi) is 6.80. The first kappa shape index (κ1) is 24.8. The number of aromatic nitrogens is 2. The number of ether oxygens (including phenoxy) is 1. The maximum Gasteiger partial charge on any atom is 0.227 e. The monoisotopic (exact) mass is 511 g/mol. The van der Waals surface area contributed by atoms with Crippen molar-refractivity contribution in [2.24, 2.45) is 0 Å². The second-order valence-corrected chi connectivity index (χ2v) is 11.6. The van der Waals surface area contributed by atoms with Crippen LogP contribution in [0.2, 0.25) is 0 Å². The summed E-state index contributed by atoms with van der Waals surface area (Å²) in [6.45, 7) is 6.51. The van der Waals surface area contributed by atoms with Gasteiger partial charge in [-0.15, -0.1) is 16.8 Å². The molecule has 0 aliphatic carbocycles. The molecule has 0 bridgehead atoms. The first-order chi connectivity index (χ1) is 17.3. The van der Waals surface area contributed by atoms with E-state index in [1.54, 1.807) is 19.1 Å². The SMILES string of the molecule is C=C[C@H]1CC[C@H](c2ccccc2)S(=O)(=O)N1Cc1ccc(C2(c3nnc(C)o3)CCOCC2)cc1F. The van der Waals surface area contributed by atoms with E-state index in [2.05, 4.69) is 16.8 Å². The molecule has 0 amide bonds. The Hall–Kier alpha value is -2.88. The fraction of sp³-hybridized carbons (Fsp3) is 0.407. The zero-order valence-electron chi connectivity index (χ0n) is 20.3. The molecule has 3 heterocycles. The average molecular weight is 512 g/mol. The predicted octanol–water partition coefficient (Wildman–Crippen LogP) is 4.84. The van der Waals surface area contributed by atoms with Crippen molar-refractivity contribution in [1.29, 1.82) is 0 Å². The summed E-state index contributed by atoms with van der Waals surface area (Å²) in [6.07, 6.45) is 3.94. The predicted molar refractivity (Wildman–Crippen MR) is 133 cm³/mol. The maximum absolute atomic E-state index is 15.6. The summed E-state index contributed by atoms with van der Waals surface area (Å²) < 4.78 is 55.7. The van der Waals surface area contributed by atoms with E-state index in [-0.39, 0.29) is 6.54 Å². The minimum absolute atomic E-state index is 0.0652. The molecule has 0 unspecified atom stereocenters. The number of benzene rings is 2. The lowest BCUT2D eigenvalue weighted by Gasteiger charge is -2.38. The topological polar surface area (TPSA) is 85.5 Å². The van der Waals surface area contributed by atoms with E-state index in [0.29, 0.717) is 56.2 Å². The van der Waals surface area contributed by atoms with E-state index in [1.807, 2.05) is 36.4 Å². The minimum Gasteiger partial charge on any atom is -0.425 e. The Bertz CT molecular complexity index is 1340. The van der Waals surface area contributed by atoms with Crippen molar-refractivity contribution < 1.29 is 22.0 Å². The molecule has 36 heavy (non-hydrogen) atoms. The van der Waals surface area contributed by atoms with Gasteiger partial charge in [-0.25, -0.2) is 12.8 Å². The number of sulfonamides is 1. The standard InChI is InChI=1S/C27H30FN3O4S/c1-3-23-11-12-25(20-7-5-4-6-8-20)36(32,33)31(23)18-21-9-10-22(17-24(21)28)27(13-15-34-16-14-27)26-30-29-19(2)35-26/h3-10,17,23,25H,1,11-16,18H2,2H3/t23-,25+/m0/s1. The quantitative estimate of drug-likeness (QED) is 0.441. The van der Waals surface area contributed by atoms with Gasteiger partial charge < -0.3 is 9.15 Å². The van der Waals surface area contributed by atoms with E-state index in [9.17, 15) is 8.42 Å². The van der Waals surface area contributed by atoms with Gasteiger partial charge in [0.15, 0.2) is 0 Å². The van der Waals surface area contributed by atoms with Crippen LogP contribution in [-0.4, -0.2) is 42.2 Å². The van der Waals surface area contributed by atoms with Crippen molar-refractivity contribution in [1.82, 2.24) is 14.5 Å². The van der Waals surface area contributed by atoms with Gasteiger partial charge in [-0.1, -0.05) is 48.5 Å². The molecule has 7 nitrogen and oxygen atoms in total. The molecule has 5 rings (SSSR count). The number of hydrogen-bond donors (Lipinski definition) is 0. The van der Waals surface area contributed by atoms with Crippen molar-refractivity contribution in [2.45, 2.75) is 55.9 Å². The van der Waals surface area contributed by atoms with E-state index in [4.69, 9.17) is 9.15 Å². The second-order valence-electron chi connectivity index (χ2n) is 9.50. The van der Waals surface area contributed by atoms with E-state index < -0.39 is 32.5 Å². The van der Waals surface area contributed by atoms with Crippen LogP contribution in [0.5, 0.6) is 0 Å². The lowest BCUT2D eigenvalue weighted by molar-refractivity contribution is 0.0540. The number of hydrogen-bond acceptors (Lipinski definition) is 6. The Labute approximate surface area is 211 Å². The van der Waals surface area contributed by atoms with Gasteiger partial charge in [0.25, 0.3) is 0 Å². The number of nitrogens with zero attached hydrogens (tertiary/aromatic N) is 3. The Morgan fingerprint density at radius 3 is 2.53 bits per heavy atom. The summed E-state index contributed by atoms with van der Waals surface area (Å²) in [5.41, 5.74) is 1.14. The highest BCUT2D eigenvalue weighted by Gasteiger charge is 2.43. The molecule has 2 fully saturated rings. The van der Waals surface area contributed by atoms with Crippen molar-refractivity contribution in [3.8, 4) is 0 Å². The molecule has 1 aromatic heterocycles. The molecule has 3 aromatic rings. The minimum atomic E-state index is -3.73. The third-order valence-corrected chi connectivity index (χ3v) is 9.72. The van der Waals surface area contributed by atoms with Gasteiger partial charge in [0.2, 0.25) is 21.8 Å². The van der Waals surface area contributed by atoms with Crippen LogP contribution in [0, 0.1) is 12.7 Å². The van der Waals surface area contributed by atoms with Gasteiger partial charge in [-0.05, 0) is 42.9 Å². The third-order valence-electron chi connectivity index (χ3n) is 7.44. The summed E-state index contributed by atoms with van der Waals surface area (Å²) in [6, 6.07) is 13.8. The van der Waals surface area contributed by atoms with Gasteiger partial charge in [-0.2, -0.15) is 4.31 Å². The Morgan fingerprint density at radius 2 is 1.89 bits per heavy atom. The molecule has 2 aliphatic heterocycles.